The fraction of sp³-hybridized carbons (Fsp3) is 0.900. The van der Waals surface area contributed by atoms with E-state index in [4.69, 9.17) is 5.73 Å². The molecular formula is C10H21N3O3S. The van der Waals surface area contributed by atoms with E-state index in [9.17, 15) is 13.2 Å². The summed E-state index contributed by atoms with van der Waals surface area (Å²) in [6, 6.07) is 0. The van der Waals surface area contributed by atoms with Crippen molar-refractivity contribution in [1.29, 1.82) is 0 Å². The van der Waals surface area contributed by atoms with Crippen LogP contribution in [0.15, 0.2) is 0 Å². The van der Waals surface area contributed by atoms with Crippen LogP contribution in [0.3, 0.4) is 0 Å². The second kappa shape index (κ2) is 6.32. The first-order valence-corrected chi connectivity index (χ1v) is 7.51. The number of hydrogen-bond acceptors (Lipinski definition) is 4. The van der Waals surface area contributed by atoms with Crippen molar-refractivity contribution in [2.45, 2.75) is 19.8 Å². The number of nitrogens with two attached hydrogens (primary N) is 1. The molecule has 0 aliphatic carbocycles. The summed E-state index contributed by atoms with van der Waals surface area (Å²) in [6.07, 6.45) is 1.18. The van der Waals surface area contributed by atoms with Crippen LogP contribution in [-0.4, -0.2) is 62.0 Å². The lowest BCUT2D eigenvalue weighted by Crippen LogP contribution is -2.37. The maximum atomic E-state index is 11.9. The van der Waals surface area contributed by atoms with Crippen LogP contribution in [-0.2, 0) is 14.8 Å². The molecule has 1 fully saturated rings. The highest BCUT2D eigenvalue weighted by atomic mass is 32.2. The number of hydrogen-bond donors (Lipinski definition) is 1. The normalized spacial score (nSPS) is 19.1. The van der Waals surface area contributed by atoms with Gasteiger partial charge < -0.3 is 10.6 Å². The summed E-state index contributed by atoms with van der Waals surface area (Å²) in [6.45, 7) is 3.91. The van der Waals surface area contributed by atoms with E-state index >= 15 is 0 Å². The fourth-order valence-corrected chi connectivity index (χ4v) is 3.44. The van der Waals surface area contributed by atoms with E-state index in [1.165, 1.54) is 11.2 Å². The zero-order valence-electron chi connectivity index (χ0n) is 10.3. The smallest absolute Gasteiger partial charge is 0.219 e. The van der Waals surface area contributed by atoms with Gasteiger partial charge in [-0.15, -0.1) is 0 Å². The van der Waals surface area contributed by atoms with Gasteiger partial charge in [-0.2, -0.15) is 0 Å². The van der Waals surface area contributed by atoms with Gasteiger partial charge in [-0.1, -0.05) is 0 Å². The summed E-state index contributed by atoms with van der Waals surface area (Å²) in [5.41, 5.74) is 5.32. The maximum Gasteiger partial charge on any atom is 0.219 e. The predicted octanol–water partition coefficient (Wildman–Crippen LogP) is -0.781. The molecule has 7 heteroatoms. The maximum absolute atomic E-state index is 11.9. The summed E-state index contributed by atoms with van der Waals surface area (Å²) in [4.78, 5) is 12.9. The van der Waals surface area contributed by atoms with E-state index in [0.29, 0.717) is 45.6 Å². The lowest BCUT2D eigenvalue weighted by atomic mass is 10.4. The van der Waals surface area contributed by atoms with Crippen LogP contribution in [0, 0.1) is 0 Å². The Hall–Kier alpha value is -0.660. The Kier molecular flexibility index (Phi) is 5.35. The highest BCUT2D eigenvalue weighted by molar-refractivity contribution is 7.89. The van der Waals surface area contributed by atoms with Crippen molar-refractivity contribution in [3.8, 4) is 0 Å². The van der Waals surface area contributed by atoms with E-state index in [1.807, 2.05) is 0 Å². The predicted molar refractivity (Wildman–Crippen MR) is 65.9 cm³/mol. The summed E-state index contributed by atoms with van der Waals surface area (Å²) >= 11 is 0. The number of carbonyl (C=O) groups is 1. The molecule has 1 aliphatic heterocycles. The minimum absolute atomic E-state index is 0.00575. The van der Waals surface area contributed by atoms with E-state index in [0.717, 1.165) is 0 Å². The summed E-state index contributed by atoms with van der Waals surface area (Å²) in [7, 11) is -3.20. The minimum Gasteiger partial charge on any atom is -0.342 e. The van der Waals surface area contributed by atoms with Crippen LogP contribution in [0.2, 0.25) is 0 Å². The molecule has 0 aromatic rings. The monoisotopic (exact) mass is 263 g/mol. The lowest BCUT2D eigenvalue weighted by Gasteiger charge is -2.20. The van der Waals surface area contributed by atoms with Gasteiger partial charge >= 0.3 is 0 Å². The van der Waals surface area contributed by atoms with E-state index in [1.54, 1.807) is 4.90 Å². The third-order valence-electron chi connectivity index (χ3n) is 2.90. The van der Waals surface area contributed by atoms with Crippen LogP contribution in [0.4, 0.5) is 0 Å². The molecule has 0 aromatic heterocycles. The van der Waals surface area contributed by atoms with Gasteiger partial charge in [0.25, 0.3) is 0 Å². The van der Waals surface area contributed by atoms with Crippen LogP contribution < -0.4 is 5.73 Å². The van der Waals surface area contributed by atoms with Crippen molar-refractivity contribution < 1.29 is 13.2 Å². The highest BCUT2D eigenvalue weighted by Crippen LogP contribution is 2.09. The molecule has 1 aliphatic rings. The van der Waals surface area contributed by atoms with Crippen molar-refractivity contribution in [3.63, 3.8) is 0 Å². The molecule has 0 bridgehead atoms. The van der Waals surface area contributed by atoms with E-state index in [-0.39, 0.29) is 11.7 Å². The summed E-state index contributed by atoms with van der Waals surface area (Å²) in [5.74, 6) is 0.107. The van der Waals surface area contributed by atoms with Crippen molar-refractivity contribution in [1.82, 2.24) is 9.21 Å². The average molecular weight is 263 g/mol. The molecular weight excluding hydrogens is 242 g/mol. The van der Waals surface area contributed by atoms with Gasteiger partial charge in [0, 0.05) is 33.1 Å². The third-order valence-corrected chi connectivity index (χ3v) is 4.86. The SMILES string of the molecule is CC(=O)N1CCCN(S(=O)(=O)CCCN)CC1. The Bertz CT molecular complexity index is 356. The summed E-state index contributed by atoms with van der Waals surface area (Å²) in [5, 5.41) is 0. The van der Waals surface area contributed by atoms with Crippen molar-refractivity contribution in [3.05, 3.63) is 0 Å². The van der Waals surface area contributed by atoms with E-state index in [2.05, 4.69) is 0 Å². The van der Waals surface area contributed by atoms with E-state index < -0.39 is 10.0 Å². The topological polar surface area (TPSA) is 83.7 Å². The van der Waals surface area contributed by atoms with Gasteiger partial charge in [0.05, 0.1) is 5.75 Å². The zero-order valence-corrected chi connectivity index (χ0v) is 11.1. The molecule has 0 unspecified atom stereocenters. The van der Waals surface area contributed by atoms with Crippen LogP contribution in [0.1, 0.15) is 19.8 Å². The minimum atomic E-state index is -3.20. The molecule has 0 atom stereocenters. The Morgan fingerprint density at radius 3 is 2.53 bits per heavy atom. The molecule has 100 valence electrons. The number of carbonyl (C=O) groups excluding carboxylic acids is 1. The molecule has 0 radical (unpaired) electrons. The van der Waals surface area contributed by atoms with Gasteiger partial charge in [0.2, 0.25) is 15.9 Å². The van der Waals surface area contributed by atoms with Gasteiger partial charge in [-0.3, -0.25) is 4.79 Å². The number of amides is 1. The van der Waals surface area contributed by atoms with Gasteiger partial charge in [0.1, 0.15) is 0 Å². The van der Waals surface area contributed by atoms with Crippen LogP contribution >= 0.6 is 0 Å². The largest absolute Gasteiger partial charge is 0.342 e. The Morgan fingerprint density at radius 1 is 1.24 bits per heavy atom. The molecule has 0 spiro atoms. The molecule has 0 aromatic carbocycles. The third kappa shape index (κ3) is 4.25. The standard InChI is InChI=1S/C10H21N3O3S/c1-10(14)12-5-3-6-13(8-7-12)17(15,16)9-2-4-11/h2-9,11H2,1H3. The first-order chi connectivity index (χ1) is 7.97. The Morgan fingerprint density at radius 2 is 1.94 bits per heavy atom. The lowest BCUT2D eigenvalue weighted by molar-refractivity contribution is -0.128. The number of rotatable bonds is 4. The van der Waals surface area contributed by atoms with Crippen molar-refractivity contribution in [2.24, 2.45) is 5.73 Å². The van der Waals surface area contributed by atoms with Crippen molar-refractivity contribution >= 4 is 15.9 Å². The van der Waals surface area contributed by atoms with Crippen LogP contribution in [0.5, 0.6) is 0 Å². The molecule has 6 nitrogen and oxygen atoms in total. The zero-order chi connectivity index (χ0) is 12.9. The first kappa shape index (κ1) is 14.4. The second-order valence-electron chi connectivity index (χ2n) is 4.22. The first-order valence-electron chi connectivity index (χ1n) is 5.91. The van der Waals surface area contributed by atoms with Gasteiger partial charge in [-0.25, -0.2) is 12.7 Å². The average Bonchev–Trinajstić information content (AvgIpc) is 2.52. The molecule has 1 amide bonds. The Balaban J connectivity index is 2.59. The molecule has 2 N–H and O–H groups in total. The quantitative estimate of drug-likeness (QED) is 0.721. The molecule has 1 heterocycles. The van der Waals surface area contributed by atoms with Gasteiger partial charge in [-0.05, 0) is 19.4 Å². The van der Waals surface area contributed by atoms with Gasteiger partial charge in [0.15, 0.2) is 0 Å². The molecule has 1 rings (SSSR count). The highest BCUT2D eigenvalue weighted by Gasteiger charge is 2.25. The van der Waals surface area contributed by atoms with Crippen LogP contribution in [0.25, 0.3) is 0 Å². The van der Waals surface area contributed by atoms with Crippen molar-refractivity contribution in [2.75, 3.05) is 38.5 Å². The number of sulfonamides is 1. The number of nitrogens with zero attached hydrogens (tertiary/aromatic N) is 2. The molecule has 17 heavy (non-hydrogen) atoms. The summed E-state index contributed by atoms with van der Waals surface area (Å²) < 4.78 is 25.4. The molecule has 1 saturated heterocycles. The molecule has 0 saturated carbocycles. The second-order valence-corrected chi connectivity index (χ2v) is 6.31. The fourth-order valence-electron chi connectivity index (χ4n) is 1.88. The Labute approximate surface area is 103 Å².